The Morgan fingerprint density at radius 1 is 1.47 bits per heavy atom. The molecule has 0 aliphatic carbocycles. The molecule has 0 heterocycles. The third-order valence-corrected chi connectivity index (χ3v) is 2.04. The predicted octanol–water partition coefficient (Wildman–Crippen LogP) is 2.99. The van der Waals surface area contributed by atoms with E-state index in [1.54, 1.807) is 38.4 Å². The fourth-order valence-corrected chi connectivity index (χ4v) is 1.25. The molecule has 0 atom stereocenters. The Labute approximate surface area is 89.6 Å². The molecule has 80 valence electrons. The van der Waals surface area contributed by atoms with Gasteiger partial charge in [0.1, 0.15) is 5.82 Å². The van der Waals surface area contributed by atoms with Gasteiger partial charge in [-0.05, 0) is 25.0 Å². The average molecular weight is 206 g/mol. The molecule has 0 saturated heterocycles. The SMILES string of the molecule is CCC=NC(=NC)c1cccc(C)c1F. The number of benzene rings is 1. The van der Waals surface area contributed by atoms with Crippen LogP contribution in [0.3, 0.4) is 0 Å². The third kappa shape index (κ3) is 2.72. The molecule has 0 N–H and O–H groups in total. The highest BCUT2D eigenvalue weighted by Gasteiger charge is 2.08. The van der Waals surface area contributed by atoms with Crippen LogP contribution in [0.2, 0.25) is 0 Å². The molecule has 0 aromatic heterocycles. The molecule has 0 radical (unpaired) electrons. The van der Waals surface area contributed by atoms with Crippen molar-refractivity contribution in [2.45, 2.75) is 20.3 Å². The van der Waals surface area contributed by atoms with Crippen LogP contribution in [0.4, 0.5) is 4.39 Å². The van der Waals surface area contributed by atoms with Gasteiger partial charge in [0.15, 0.2) is 5.84 Å². The van der Waals surface area contributed by atoms with Gasteiger partial charge in [-0.3, -0.25) is 4.99 Å². The number of aryl methyl sites for hydroxylation is 1. The normalized spacial score (nSPS) is 12.4. The van der Waals surface area contributed by atoms with Gasteiger partial charge in [0.2, 0.25) is 0 Å². The van der Waals surface area contributed by atoms with Crippen LogP contribution < -0.4 is 0 Å². The molecule has 0 aliphatic heterocycles. The number of amidine groups is 1. The fourth-order valence-electron chi connectivity index (χ4n) is 1.25. The summed E-state index contributed by atoms with van der Waals surface area (Å²) in [6.45, 7) is 3.71. The first-order chi connectivity index (χ1) is 7.20. The topological polar surface area (TPSA) is 24.7 Å². The maximum absolute atomic E-state index is 13.7. The second kappa shape index (κ2) is 5.39. The zero-order chi connectivity index (χ0) is 11.3. The van der Waals surface area contributed by atoms with Crippen molar-refractivity contribution in [3.63, 3.8) is 0 Å². The largest absolute Gasteiger partial charge is 0.270 e. The van der Waals surface area contributed by atoms with E-state index in [9.17, 15) is 4.39 Å². The van der Waals surface area contributed by atoms with Gasteiger partial charge in [-0.25, -0.2) is 9.38 Å². The molecular weight excluding hydrogens is 191 g/mol. The lowest BCUT2D eigenvalue weighted by atomic mass is 10.1. The summed E-state index contributed by atoms with van der Waals surface area (Å²) in [5.74, 6) is 0.199. The van der Waals surface area contributed by atoms with Crippen LogP contribution >= 0.6 is 0 Å². The molecule has 0 fully saturated rings. The Bertz CT molecular complexity index is 395. The summed E-state index contributed by atoms with van der Waals surface area (Å²) >= 11 is 0. The highest BCUT2D eigenvalue weighted by atomic mass is 19.1. The van der Waals surface area contributed by atoms with Gasteiger partial charge in [-0.1, -0.05) is 19.1 Å². The quantitative estimate of drug-likeness (QED) is 0.525. The van der Waals surface area contributed by atoms with Gasteiger partial charge >= 0.3 is 0 Å². The molecule has 2 nitrogen and oxygen atoms in total. The minimum atomic E-state index is -0.244. The van der Waals surface area contributed by atoms with Gasteiger partial charge < -0.3 is 0 Å². The first-order valence-electron chi connectivity index (χ1n) is 4.95. The third-order valence-electron chi connectivity index (χ3n) is 2.04. The van der Waals surface area contributed by atoms with Crippen LogP contribution in [0, 0.1) is 12.7 Å². The monoisotopic (exact) mass is 206 g/mol. The molecule has 1 rings (SSSR count). The Hall–Kier alpha value is -1.51. The van der Waals surface area contributed by atoms with Crippen LogP contribution in [0.25, 0.3) is 0 Å². The Kier molecular flexibility index (Phi) is 4.16. The van der Waals surface area contributed by atoms with Crippen molar-refractivity contribution < 1.29 is 4.39 Å². The number of hydrogen-bond donors (Lipinski definition) is 0. The maximum Gasteiger partial charge on any atom is 0.156 e. The fraction of sp³-hybridized carbons (Fsp3) is 0.333. The minimum Gasteiger partial charge on any atom is -0.270 e. The summed E-state index contributed by atoms with van der Waals surface area (Å²) in [7, 11) is 1.62. The van der Waals surface area contributed by atoms with E-state index in [1.807, 2.05) is 6.92 Å². The molecule has 15 heavy (non-hydrogen) atoms. The van der Waals surface area contributed by atoms with E-state index in [0.29, 0.717) is 17.0 Å². The lowest BCUT2D eigenvalue weighted by molar-refractivity contribution is 0.615. The standard InChI is InChI=1S/C12H15FN2/c1-4-8-15-12(14-3)10-7-5-6-9(2)11(10)13/h5-8H,4H2,1-3H3. The van der Waals surface area contributed by atoms with Crippen LogP contribution in [0.1, 0.15) is 24.5 Å². The summed E-state index contributed by atoms with van der Waals surface area (Å²) in [5.41, 5.74) is 1.07. The molecule has 0 unspecified atom stereocenters. The molecule has 3 heteroatoms. The lowest BCUT2D eigenvalue weighted by Crippen LogP contribution is -2.02. The van der Waals surface area contributed by atoms with E-state index in [2.05, 4.69) is 9.98 Å². The minimum absolute atomic E-state index is 0.244. The lowest BCUT2D eigenvalue weighted by Gasteiger charge is -2.04. The number of aliphatic imine (C=N–C) groups is 2. The molecule has 0 bridgehead atoms. The first-order valence-corrected chi connectivity index (χ1v) is 4.95. The van der Waals surface area contributed by atoms with E-state index in [4.69, 9.17) is 0 Å². The second-order valence-electron chi connectivity index (χ2n) is 3.20. The second-order valence-corrected chi connectivity index (χ2v) is 3.20. The molecule has 1 aromatic rings. The van der Waals surface area contributed by atoms with Crippen LogP contribution in [-0.4, -0.2) is 19.1 Å². The van der Waals surface area contributed by atoms with Crippen molar-refractivity contribution in [2.24, 2.45) is 9.98 Å². The highest BCUT2D eigenvalue weighted by Crippen LogP contribution is 2.13. The predicted molar refractivity (Wildman–Crippen MR) is 62.4 cm³/mol. The number of hydrogen-bond acceptors (Lipinski definition) is 1. The van der Waals surface area contributed by atoms with Gasteiger partial charge in [0.25, 0.3) is 0 Å². The molecule has 0 spiro atoms. The number of nitrogens with zero attached hydrogens (tertiary/aromatic N) is 2. The molecule has 1 aromatic carbocycles. The van der Waals surface area contributed by atoms with Gasteiger partial charge in [-0.15, -0.1) is 0 Å². The van der Waals surface area contributed by atoms with Gasteiger partial charge in [0, 0.05) is 13.3 Å². The summed E-state index contributed by atoms with van der Waals surface area (Å²) in [6.07, 6.45) is 2.54. The van der Waals surface area contributed by atoms with Crippen molar-refractivity contribution >= 4 is 12.1 Å². The summed E-state index contributed by atoms with van der Waals surface area (Å²) in [6, 6.07) is 5.23. The molecule has 0 aliphatic rings. The van der Waals surface area contributed by atoms with Crippen LogP contribution in [0.5, 0.6) is 0 Å². The van der Waals surface area contributed by atoms with Crippen molar-refractivity contribution in [3.05, 3.63) is 35.1 Å². The molecular formula is C12H15FN2. The van der Waals surface area contributed by atoms with E-state index >= 15 is 0 Å². The zero-order valence-electron chi connectivity index (χ0n) is 9.29. The van der Waals surface area contributed by atoms with Crippen molar-refractivity contribution in [3.8, 4) is 0 Å². The van der Waals surface area contributed by atoms with E-state index in [1.165, 1.54) is 0 Å². The van der Waals surface area contributed by atoms with Crippen molar-refractivity contribution in [1.82, 2.24) is 0 Å². The Morgan fingerprint density at radius 2 is 2.20 bits per heavy atom. The van der Waals surface area contributed by atoms with Gasteiger partial charge in [-0.2, -0.15) is 0 Å². The summed E-state index contributed by atoms with van der Waals surface area (Å²) in [4.78, 5) is 8.09. The summed E-state index contributed by atoms with van der Waals surface area (Å²) < 4.78 is 13.7. The number of halogens is 1. The number of rotatable bonds is 2. The summed E-state index contributed by atoms with van der Waals surface area (Å²) in [5, 5.41) is 0. The van der Waals surface area contributed by atoms with Crippen molar-refractivity contribution in [1.29, 1.82) is 0 Å². The van der Waals surface area contributed by atoms with E-state index in [-0.39, 0.29) is 5.82 Å². The Morgan fingerprint density at radius 3 is 2.80 bits per heavy atom. The van der Waals surface area contributed by atoms with Crippen LogP contribution in [0.15, 0.2) is 28.2 Å². The van der Waals surface area contributed by atoms with Crippen LogP contribution in [-0.2, 0) is 0 Å². The van der Waals surface area contributed by atoms with Gasteiger partial charge in [0.05, 0.1) is 5.56 Å². The molecule has 0 saturated carbocycles. The van der Waals surface area contributed by atoms with E-state index in [0.717, 1.165) is 6.42 Å². The zero-order valence-corrected chi connectivity index (χ0v) is 9.29. The average Bonchev–Trinajstić information content (AvgIpc) is 2.25. The van der Waals surface area contributed by atoms with E-state index < -0.39 is 0 Å². The maximum atomic E-state index is 13.7. The molecule has 0 amide bonds. The highest BCUT2D eigenvalue weighted by molar-refractivity contribution is 6.03. The first kappa shape index (κ1) is 11.6. The van der Waals surface area contributed by atoms with Crippen molar-refractivity contribution in [2.75, 3.05) is 7.05 Å². The smallest absolute Gasteiger partial charge is 0.156 e. The Balaban J connectivity index is 3.14.